The molecule has 0 N–H and O–H groups in total. The lowest BCUT2D eigenvalue weighted by Crippen LogP contribution is -2.32. The average molecular weight is 332 g/mol. The Kier molecular flexibility index (Phi) is 4.96. The van der Waals surface area contributed by atoms with Crippen LogP contribution in [0.3, 0.4) is 0 Å². The monoisotopic (exact) mass is 331 g/mol. The van der Waals surface area contributed by atoms with Crippen molar-refractivity contribution in [2.75, 3.05) is 11.4 Å². The molecule has 0 heterocycles. The van der Waals surface area contributed by atoms with Crippen molar-refractivity contribution in [1.29, 1.82) is 0 Å². The van der Waals surface area contributed by atoms with Crippen molar-refractivity contribution >= 4 is 27.5 Å². The lowest BCUT2D eigenvalue weighted by Gasteiger charge is -2.21. The predicted octanol–water partition coefficient (Wildman–Crippen LogP) is 4.35. The third-order valence-electron chi connectivity index (χ3n) is 3.20. The lowest BCUT2D eigenvalue weighted by atomic mass is 10.1. The standard InChI is InChI=1S/C17H18BrNO/c1-3-19(16-6-4-5-13(2)11-16)17(20)12-14-7-9-15(18)10-8-14/h4-11H,3,12H2,1-2H3. The van der Waals surface area contributed by atoms with Gasteiger partial charge in [-0.1, -0.05) is 40.2 Å². The minimum atomic E-state index is 0.125. The molecule has 0 atom stereocenters. The summed E-state index contributed by atoms with van der Waals surface area (Å²) >= 11 is 3.40. The Bertz CT molecular complexity index is 592. The fourth-order valence-electron chi connectivity index (χ4n) is 2.17. The Balaban J connectivity index is 2.15. The molecule has 3 heteroatoms. The van der Waals surface area contributed by atoms with Crippen LogP contribution in [0.25, 0.3) is 0 Å². The van der Waals surface area contributed by atoms with Crippen LogP contribution in [0.5, 0.6) is 0 Å². The first kappa shape index (κ1) is 14.8. The Morgan fingerprint density at radius 1 is 1.15 bits per heavy atom. The fourth-order valence-corrected chi connectivity index (χ4v) is 2.44. The molecule has 0 aromatic heterocycles. The van der Waals surface area contributed by atoms with Gasteiger partial charge in [-0.2, -0.15) is 0 Å². The molecule has 0 fully saturated rings. The minimum absolute atomic E-state index is 0.125. The summed E-state index contributed by atoms with van der Waals surface area (Å²) in [5.41, 5.74) is 3.16. The number of rotatable bonds is 4. The summed E-state index contributed by atoms with van der Waals surface area (Å²) in [7, 11) is 0. The summed E-state index contributed by atoms with van der Waals surface area (Å²) in [5.74, 6) is 0.125. The van der Waals surface area contributed by atoms with E-state index < -0.39 is 0 Å². The second kappa shape index (κ2) is 6.71. The number of nitrogens with zero attached hydrogens (tertiary/aromatic N) is 1. The van der Waals surface area contributed by atoms with Gasteiger partial charge in [0.2, 0.25) is 5.91 Å². The van der Waals surface area contributed by atoms with E-state index in [1.54, 1.807) is 0 Å². The molecule has 0 radical (unpaired) electrons. The molecule has 104 valence electrons. The summed E-state index contributed by atoms with van der Waals surface area (Å²) < 4.78 is 1.03. The van der Waals surface area contributed by atoms with E-state index >= 15 is 0 Å². The molecule has 0 unspecified atom stereocenters. The Labute approximate surface area is 128 Å². The Hall–Kier alpha value is -1.61. The van der Waals surface area contributed by atoms with E-state index in [0.717, 1.165) is 21.3 Å². The first-order chi connectivity index (χ1) is 9.60. The number of benzene rings is 2. The van der Waals surface area contributed by atoms with Crippen molar-refractivity contribution in [2.24, 2.45) is 0 Å². The number of likely N-dealkylation sites (N-methyl/N-ethyl adjacent to an activating group) is 1. The highest BCUT2D eigenvalue weighted by Crippen LogP contribution is 2.18. The second-order valence-electron chi connectivity index (χ2n) is 4.78. The molecular weight excluding hydrogens is 314 g/mol. The number of carbonyl (C=O) groups excluding carboxylic acids is 1. The zero-order chi connectivity index (χ0) is 14.5. The van der Waals surface area contributed by atoms with Gasteiger partial charge in [0.25, 0.3) is 0 Å². The summed E-state index contributed by atoms with van der Waals surface area (Å²) in [5, 5.41) is 0. The third-order valence-corrected chi connectivity index (χ3v) is 3.73. The molecule has 20 heavy (non-hydrogen) atoms. The first-order valence-electron chi connectivity index (χ1n) is 6.71. The van der Waals surface area contributed by atoms with Crippen molar-refractivity contribution in [3.05, 3.63) is 64.1 Å². The van der Waals surface area contributed by atoms with Gasteiger partial charge in [-0.15, -0.1) is 0 Å². The van der Waals surface area contributed by atoms with E-state index in [1.165, 1.54) is 0 Å². The predicted molar refractivity (Wildman–Crippen MR) is 87.1 cm³/mol. The van der Waals surface area contributed by atoms with Crippen LogP contribution < -0.4 is 4.90 Å². The topological polar surface area (TPSA) is 20.3 Å². The van der Waals surface area contributed by atoms with E-state index in [2.05, 4.69) is 15.9 Å². The van der Waals surface area contributed by atoms with Gasteiger partial charge >= 0.3 is 0 Å². The van der Waals surface area contributed by atoms with E-state index in [1.807, 2.05) is 67.3 Å². The molecule has 1 amide bonds. The van der Waals surface area contributed by atoms with Crippen LogP contribution in [0, 0.1) is 6.92 Å². The second-order valence-corrected chi connectivity index (χ2v) is 5.70. The van der Waals surface area contributed by atoms with Crippen molar-refractivity contribution < 1.29 is 4.79 Å². The van der Waals surface area contributed by atoms with Crippen molar-refractivity contribution in [3.8, 4) is 0 Å². The normalized spacial score (nSPS) is 10.3. The number of hydrogen-bond donors (Lipinski definition) is 0. The van der Waals surface area contributed by atoms with Gasteiger partial charge in [0.1, 0.15) is 0 Å². The third kappa shape index (κ3) is 3.70. The van der Waals surface area contributed by atoms with Gasteiger partial charge in [-0.25, -0.2) is 0 Å². The summed E-state index contributed by atoms with van der Waals surface area (Å²) in [6.45, 7) is 4.72. The SMILES string of the molecule is CCN(C(=O)Cc1ccc(Br)cc1)c1cccc(C)c1. The van der Waals surface area contributed by atoms with Crippen LogP contribution in [0.4, 0.5) is 5.69 Å². The number of carbonyl (C=O) groups is 1. The molecule has 0 spiro atoms. The number of aryl methyl sites for hydroxylation is 1. The van der Waals surface area contributed by atoms with Crippen LogP contribution in [0.15, 0.2) is 53.0 Å². The summed E-state index contributed by atoms with van der Waals surface area (Å²) in [6.07, 6.45) is 0.426. The van der Waals surface area contributed by atoms with E-state index in [0.29, 0.717) is 13.0 Å². The highest BCUT2D eigenvalue weighted by Gasteiger charge is 2.14. The van der Waals surface area contributed by atoms with Crippen LogP contribution in [0.1, 0.15) is 18.1 Å². The van der Waals surface area contributed by atoms with Gasteiger partial charge in [-0.3, -0.25) is 4.79 Å². The Morgan fingerprint density at radius 2 is 1.85 bits per heavy atom. The van der Waals surface area contributed by atoms with Crippen LogP contribution in [-0.4, -0.2) is 12.5 Å². The maximum Gasteiger partial charge on any atom is 0.231 e. The molecule has 2 rings (SSSR count). The molecule has 0 aliphatic carbocycles. The quantitative estimate of drug-likeness (QED) is 0.815. The van der Waals surface area contributed by atoms with Gasteiger partial charge in [0.15, 0.2) is 0 Å². The maximum absolute atomic E-state index is 12.5. The molecule has 2 aromatic carbocycles. The molecule has 2 aromatic rings. The van der Waals surface area contributed by atoms with Gasteiger partial charge in [-0.05, 0) is 49.2 Å². The minimum Gasteiger partial charge on any atom is -0.312 e. The molecule has 0 saturated carbocycles. The summed E-state index contributed by atoms with van der Waals surface area (Å²) in [4.78, 5) is 14.3. The van der Waals surface area contributed by atoms with Gasteiger partial charge in [0, 0.05) is 16.7 Å². The van der Waals surface area contributed by atoms with E-state index in [9.17, 15) is 4.79 Å². The van der Waals surface area contributed by atoms with Crippen molar-refractivity contribution in [2.45, 2.75) is 20.3 Å². The molecule has 2 nitrogen and oxygen atoms in total. The fraction of sp³-hybridized carbons (Fsp3) is 0.235. The largest absolute Gasteiger partial charge is 0.312 e. The number of anilines is 1. The highest BCUT2D eigenvalue weighted by molar-refractivity contribution is 9.10. The Morgan fingerprint density at radius 3 is 2.45 bits per heavy atom. The van der Waals surface area contributed by atoms with Crippen molar-refractivity contribution in [3.63, 3.8) is 0 Å². The number of hydrogen-bond acceptors (Lipinski definition) is 1. The van der Waals surface area contributed by atoms with Gasteiger partial charge < -0.3 is 4.90 Å². The maximum atomic E-state index is 12.5. The molecule has 0 aliphatic rings. The lowest BCUT2D eigenvalue weighted by molar-refractivity contribution is -0.117. The highest BCUT2D eigenvalue weighted by atomic mass is 79.9. The first-order valence-corrected chi connectivity index (χ1v) is 7.51. The van der Waals surface area contributed by atoms with E-state index in [4.69, 9.17) is 0 Å². The number of amides is 1. The van der Waals surface area contributed by atoms with Crippen LogP contribution in [0.2, 0.25) is 0 Å². The zero-order valence-corrected chi connectivity index (χ0v) is 13.4. The van der Waals surface area contributed by atoms with Gasteiger partial charge in [0.05, 0.1) is 6.42 Å². The smallest absolute Gasteiger partial charge is 0.231 e. The van der Waals surface area contributed by atoms with Crippen LogP contribution >= 0.6 is 15.9 Å². The molecular formula is C17H18BrNO. The molecule has 0 aliphatic heterocycles. The molecule has 0 bridgehead atoms. The van der Waals surface area contributed by atoms with Crippen molar-refractivity contribution in [1.82, 2.24) is 0 Å². The summed E-state index contributed by atoms with van der Waals surface area (Å²) in [6, 6.07) is 15.9. The number of halogens is 1. The van der Waals surface area contributed by atoms with Crippen LogP contribution in [-0.2, 0) is 11.2 Å². The zero-order valence-electron chi connectivity index (χ0n) is 11.8. The average Bonchev–Trinajstić information content (AvgIpc) is 2.42. The molecule has 0 saturated heterocycles. The van der Waals surface area contributed by atoms with E-state index in [-0.39, 0.29) is 5.91 Å².